The van der Waals surface area contributed by atoms with E-state index in [4.69, 9.17) is 16.3 Å². The second-order valence-electron chi connectivity index (χ2n) is 2.99. The van der Waals surface area contributed by atoms with Crippen LogP contribution in [0, 0.1) is 0 Å². The molecule has 1 rings (SSSR count). The minimum Gasteiger partial charge on any atom is -0.383 e. The monoisotopic (exact) mass is 232 g/mol. The number of nitrogens with zero attached hydrogens (tertiary/aromatic N) is 1. The first kappa shape index (κ1) is 12.0. The highest BCUT2D eigenvalue weighted by Gasteiger charge is 2.14. The van der Waals surface area contributed by atoms with Crippen molar-refractivity contribution in [3.63, 3.8) is 0 Å². The molecule has 1 unspecified atom stereocenters. The van der Waals surface area contributed by atoms with Crippen LogP contribution in [0.25, 0.3) is 0 Å². The molecule has 0 spiro atoms. The van der Waals surface area contributed by atoms with Gasteiger partial charge in [-0.15, -0.1) is 11.6 Å². The van der Waals surface area contributed by atoms with Gasteiger partial charge in [0.25, 0.3) is 5.91 Å². The first-order valence-corrected chi connectivity index (χ1v) is 5.07. The van der Waals surface area contributed by atoms with Crippen molar-refractivity contribution >= 4 is 17.5 Å². The highest BCUT2D eigenvalue weighted by atomic mass is 35.5. The molecule has 1 amide bonds. The van der Waals surface area contributed by atoms with E-state index >= 15 is 0 Å². The molecule has 5 nitrogen and oxygen atoms in total. The molecule has 0 radical (unpaired) electrons. The second kappa shape index (κ2) is 6.42. The van der Waals surface area contributed by atoms with Gasteiger partial charge in [-0.3, -0.25) is 4.79 Å². The zero-order valence-electron chi connectivity index (χ0n) is 8.40. The molecule has 0 fully saturated rings. The first-order chi connectivity index (χ1) is 7.27. The fraction of sp³-hybridized carbons (Fsp3) is 0.556. The average Bonchev–Trinajstić information content (AvgIpc) is 2.71. The van der Waals surface area contributed by atoms with Crippen molar-refractivity contribution in [2.45, 2.75) is 12.5 Å². The van der Waals surface area contributed by atoms with Crippen LogP contribution < -0.4 is 5.32 Å². The Kier molecular flexibility index (Phi) is 5.14. The van der Waals surface area contributed by atoms with Crippen LogP contribution in [0.2, 0.25) is 0 Å². The van der Waals surface area contributed by atoms with Gasteiger partial charge in [0, 0.05) is 19.1 Å². The summed E-state index contributed by atoms with van der Waals surface area (Å²) in [6.07, 6.45) is 2.00. The van der Waals surface area contributed by atoms with Crippen molar-refractivity contribution in [3.05, 3.63) is 18.0 Å². The van der Waals surface area contributed by atoms with Gasteiger partial charge in [-0.25, -0.2) is 0 Å². The Bertz CT molecular complexity index is 284. The van der Waals surface area contributed by atoms with Crippen LogP contribution in [-0.4, -0.2) is 36.7 Å². The summed E-state index contributed by atoms with van der Waals surface area (Å²) in [5.41, 5.74) is 0.255. The second-order valence-corrected chi connectivity index (χ2v) is 3.37. The van der Waals surface area contributed by atoms with Gasteiger partial charge in [-0.1, -0.05) is 5.16 Å². The fourth-order valence-electron chi connectivity index (χ4n) is 1.12. The van der Waals surface area contributed by atoms with E-state index in [0.29, 0.717) is 18.9 Å². The summed E-state index contributed by atoms with van der Waals surface area (Å²) < 4.78 is 9.53. The average molecular weight is 233 g/mol. The maximum absolute atomic E-state index is 11.5. The summed E-state index contributed by atoms with van der Waals surface area (Å²) in [5, 5.41) is 6.28. The number of halogens is 1. The van der Waals surface area contributed by atoms with E-state index in [9.17, 15) is 4.79 Å². The molecular weight excluding hydrogens is 220 g/mol. The van der Waals surface area contributed by atoms with Crippen molar-refractivity contribution in [3.8, 4) is 0 Å². The maximum atomic E-state index is 11.5. The number of ether oxygens (including phenoxy) is 1. The molecule has 0 aromatic carbocycles. The lowest BCUT2D eigenvalue weighted by atomic mass is 10.2. The molecule has 0 saturated heterocycles. The third-order valence-electron chi connectivity index (χ3n) is 1.83. The molecule has 1 N–H and O–H groups in total. The lowest BCUT2D eigenvalue weighted by Crippen LogP contribution is -2.38. The molecule has 1 atom stereocenters. The number of hydrogen-bond acceptors (Lipinski definition) is 4. The van der Waals surface area contributed by atoms with Crippen LogP contribution in [0.4, 0.5) is 0 Å². The van der Waals surface area contributed by atoms with Crippen molar-refractivity contribution in [1.29, 1.82) is 0 Å². The summed E-state index contributed by atoms with van der Waals surface area (Å²) in [6, 6.07) is 1.40. The number of carbonyl (C=O) groups is 1. The molecule has 1 heterocycles. The Labute approximate surface area is 92.7 Å². The van der Waals surface area contributed by atoms with E-state index in [1.165, 1.54) is 12.3 Å². The highest BCUT2D eigenvalue weighted by molar-refractivity contribution is 6.17. The summed E-state index contributed by atoms with van der Waals surface area (Å²) in [4.78, 5) is 11.5. The molecule has 6 heteroatoms. The molecule has 1 aromatic rings. The van der Waals surface area contributed by atoms with E-state index in [-0.39, 0.29) is 17.6 Å². The number of hydrogen-bond donors (Lipinski definition) is 1. The largest absolute Gasteiger partial charge is 0.383 e. The Hall–Kier alpha value is -1.07. The van der Waals surface area contributed by atoms with Crippen LogP contribution in [0.15, 0.2) is 16.9 Å². The molecule has 0 saturated carbocycles. The third-order valence-corrected chi connectivity index (χ3v) is 2.05. The Morgan fingerprint density at radius 1 is 1.80 bits per heavy atom. The summed E-state index contributed by atoms with van der Waals surface area (Å²) >= 11 is 5.60. The molecule has 15 heavy (non-hydrogen) atoms. The standard InChI is InChI=1S/C9H13ClN2O3/c1-14-6-7(2-4-10)11-9(13)8-3-5-15-12-8/h3,5,7H,2,4,6H2,1H3,(H,11,13). The predicted octanol–water partition coefficient (Wildman–Crippen LogP) is 1.05. The minimum atomic E-state index is -0.282. The molecule has 0 aliphatic rings. The molecule has 1 aromatic heterocycles. The van der Waals surface area contributed by atoms with Crippen molar-refractivity contribution in [1.82, 2.24) is 10.5 Å². The van der Waals surface area contributed by atoms with Crippen LogP contribution in [0.5, 0.6) is 0 Å². The smallest absolute Gasteiger partial charge is 0.273 e. The zero-order chi connectivity index (χ0) is 11.1. The Balaban J connectivity index is 2.47. The zero-order valence-corrected chi connectivity index (χ0v) is 9.16. The Morgan fingerprint density at radius 3 is 3.13 bits per heavy atom. The van der Waals surface area contributed by atoms with E-state index in [0.717, 1.165) is 0 Å². The molecule has 0 bridgehead atoms. The summed E-state index contributed by atoms with van der Waals surface area (Å²) in [6.45, 7) is 0.427. The SMILES string of the molecule is COCC(CCCl)NC(=O)c1ccon1. The van der Waals surface area contributed by atoms with E-state index in [2.05, 4.69) is 15.0 Å². The maximum Gasteiger partial charge on any atom is 0.273 e. The molecule has 0 aliphatic carbocycles. The summed E-state index contributed by atoms with van der Waals surface area (Å²) in [7, 11) is 1.57. The topological polar surface area (TPSA) is 64.4 Å². The lowest BCUT2D eigenvalue weighted by Gasteiger charge is -2.15. The van der Waals surface area contributed by atoms with E-state index in [1.807, 2.05) is 0 Å². The number of aromatic nitrogens is 1. The van der Waals surface area contributed by atoms with Crippen LogP contribution >= 0.6 is 11.6 Å². The number of amides is 1. The van der Waals surface area contributed by atoms with Gasteiger partial charge in [-0.05, 0) is 6.42 Å². The van der Waals surface area contributed by atoms with Crippen molar-refractivity contribution in [2.24, 2.45) is 0 Å². The van der Waals surface area contributed by atoms with Gasteiger partial charge < -0.3 is 14.6 Å². The van der Waals surface area contributed by atoms with Crippen LogP contribution in [0.1, 0.15) is 16.9 Å². The first-order valence-electron chi connectivity index (χ1n) is 4.54. The quantitative estimate of drug-likeness (QED) is 0.745. The number of carbonyl (C=O) groups excluding carboxylic acids is 1. The van der Waals surface area contributed by atoms with Crippen LogP contribution in [-0.2, 0) is 4.74 Å². The lowest BCUT2D eigenvalue weighted by molar-refractivity contribution is 0.0886. The number of alkyl halides is 1. The fourth-order valence-corrected chi connectivity index (χ4v) is 1.38. The Morgan fingerprint density at radius 2 is 2.60 bits per heavy atom. The van der Waals surface area contributed by atoms with Crippen molar-refractivity contribution in [2.75, 3.05) is 19.6 Å². The van der Waals surface area contributed by atoms with Gasteiger partial charge in [0.15, 0.2) is 5.69 Å². The van der Waals surface area contributed by atoms with Gasteiger partial charge >= 0.3 is 0 Å². The van der Waals surface area contributed by atoms with Crippen molar-refractivity contribution < 1.29 is 14.1 Å². The number of rotatable bonds is 6. The molecule has 0 aliphatic heterocycles. The van der Waals surface area contributed by atoms with E-state index in [1.54, 1.807) is 7.11 Å². The number of nitrogens with one attached hydrogen (secondary N) is 1. The minimum absolute atomic E-state index is 0.100. The van der Waals surface area contributed by atoms with Crippen LogP contribution in [0.3, 0.4) is 0 Å². The normalized spacial score (nSPS) is 12.4. The van der Waals surface area contributed by atoms with E-state index < -0.39 is 0 Å². The molecule has 84 valence electrons. The van der Waals surface area contributed by atoms with Gasteiger partial charge in [0.1, 0.15) is 6.26 Å². The third kappa shape index (κ3) is 3.89. The molecular formula is C9H13ClN2O3. The van der Waals surface area contributed by atoms with Gasteiger partial charge in [0.05, 0.1) is 12.6 Å². The highest BCUT2D eigenvalue weighted by Crippen LogP contribution is 1.99. The summed E-state index contributed by atoms with van der Waals surface area (Å²) in [5.74, 6) is 0.184. The van der Waals surface area contributed by atoms with Gasteiger partial charge in [-0.2, -0.15) is 0 Å². The van der Waals surface area contributed by atoms with Gasteiger partial charge in [0.2, 0.25) is 0 Å². The predicted molar refractivity (Wildman–Crippen MR) is 55.0 cm³/mol. The number of methoxy groups -OCH3 is 1.